The summed E-state index contributed by atoms with van der Waals surface area (Å²) < 4.78 is 1.75. The van der Waals surface area contributed by atoms with Crippen LogP contribution in [0.4, 0.5) is 5.82 Å². The van der Waals surface area contributed by atoms with Crippen molar-refractivity contribution in [3.8, 4) is 16.3 Å². The van der Waals surface area contributed by atoms with Crippen molar-refractivity contribution in [1.82, 2.24) is 20.0 Å². The number of benzene rings is 1. The van der Waals surface area contributed by atoms with Crippen LogP contribution in [0.15, 0.2) is 60.0 Å². The fourth-order valence-corrected chi connectivity index (χ4v) is 3.23. The Morgan fingerprint density at radius 3 is 2.76 bits per heavy atom. The summed E-state index contributed by atoms with van der Waals surface area (Å²) in [7, 11) is 0. The molecule has 3 aromatic heterocycles. The molecule has 0 bridgehead atoms. The highest BCUT2D eigenvalue weighted by Gasteiger charge is 2.15. The highest BCUT2D eigenvalue weighted by Crippen LogP contribution is 2.24. The summed E-state index contributed by atoms with van der Waals surface area (Å²) >= 11 is 1.61. The van der Waals surface area contributed by atoms with Crippen molar-refractivity contribution in [2.45, 2.75) is 6.92 Å². The zero-order chi connectivity index (χ0) is 17.2. The van der Waals surface area contributed by atoms with Gasteiger partial charge in [-0.25, -0.2) is 4.68 Å². The predicted molar refractivity (Wildman–Crippen MR) is 98.2 cm³/mol. The van der Waals surface area contributed by atoms with Gasteiger partial charge in [-0.3, -0.25) is 9.89 Å². The first kappa shape index (κ1) is 15.3. The number of hydrogen-bond donors (Lipinski definition) is 2. The van der Waals surface area contributed by atoms with Gasteiger partial charge in [0.1, 0.15) is 0 Å². The van der Waals surface area contributed by atoms with Crippen molar-refractivity contribution in [2.24, 2.45) is 0 Å². The van der Waals surface area contributed by atoms with E-state index in [4.69, 9.17) is 0 Å². The molecule has 3 heterocycles. The van der Waals surface area contributed by atoms with Gasteiger partial charge in [0.15, 0.2) is 11.5 Å². The molecule has 1 aromatic carbocycles. The number of hydrogen-bond acceptors (Lipinski definition) is 4. The first-order valence-electron chi connectivity index (χ1n) is 7.73. The van der Waals surface area contributed by atoms with Crippen molar-refractivity contribution in [1.29, 1.82) is 0 Å². The van der Waals surface area contributed by atoms with Crippen LogP contribution in [0.1, 0.15) is 16.2 Å². The third-order valence-electron chi connectivity index (χ3n) is 3.73. The van der Waals surface area contributed by atoms with Crippen LogP contribution in [0, 0.1) is 6.92 Å². The Morgan fingerprint density at radius 2 is 2.00 bits per heavy atom. The average molecular weight is 349 g/mol. The number of carbonyl (C=O) groups excluding carboxylic acids is 1. The van der Waals surface area contributed by atoms with Gasteiger partial charge in [-0.2, -0.15) is 10.2 Å². The molecule has 124 valence electrons. The molecule has 25 heavy (non-hydrogen) atoms. The standard InChI is InChI=1S/C18H15N5OS/c1-12-10-15(22-23(12)13-6-3-2-4-7-13)18(24)19-17-11-14(20-21-17)16-8-5-9-25-16/h2-11H,1H3,(H2,19,20,21,24). The number of carbonyl (C=O) groups is 1. The number of thiophene rings is 1. The van der Waals surface area contributed by atoms with Crippen LogP contribution in [0.3, 0.4) is 0 Å². The van der Waals surface area contributed by atoms with Gasteiger partial charge in [-0.15, -0.1) is 11.3 Å². The molecule has 0 saturated carbocycles. The van der Waals surface area contributed by atoms with Crippen LogP contribution in [-0.4, -0.2) is 25.9 Å². The van der Waals surface area contributed by atoms with Gasteiger partial charge < -0.3 is 5.32 Å². The predicted octanol–water partition coefficient (Wildman–Crippen LogP) is 3.88. The second-order valence-corrected chi connectivity index (χ2v) is 6.46. The quantitative estimate of drug-likeness (QED) is 0.587. The van der Waals surface area contributed by atoms with Gasteiger partial charge in [0.2, 0.25) is 0 Å². The van der Waals surface area contributed by atoms with E-state index in [0.29, 0.717) is 11.5 Å². The molecule has 2 N–H and O–H groups in total. The summed E-state index contributed by atoms with van der Waals surface area (Å²) in [5, 5.41) is 16.2. The van der Waals surface area contributed by atoms with E-state index >= 15 is 0 Å². The molecule has 0 saturated heterocycles. The van der Waals surface area contributed by atoms with E-state index in [0.717, 1.165) is 22.0 Å². The number of nitrogens with one attached hydrogen (secondary N) is 2. The maximum absolute atomic E-state index is 12.5. The summed E-state index contributed by atoms with van der Waals surface area (Å²) in [6, 6.07) is 17.2. The van der Waals surface area contributed by atoms with E-state index in [9.17, 15) is 4.79 Å². The van der Waals surface area contributed by atoms with E-state index in [1.165, 1.54) is 0 Å². The zero-order valence-electron chi connectivity index (χ0n) is 13.4. The highest BCUT2D eigenvalue weighted by atomic mass is 32.1. The maximum atomic E-state index is 12.5. The lowest BCUT2D eigenvalue weighted by molar-refractivity contribution is 0.102. The topological polar surface area (TPSA) is 75.6 Å². The highest BCUT2D eigenvalue weighted by molar-refractivity contribution is 7.13. The van der Waals surface area contributed by atoms with E-state index in [1.54, 1.807) is 22.1 Å². The Labute approximate surface area is 148 Å². The Morgan fingerprint density at radius 1 is 1.16 bits per heavy atom. The van der Waals surface area contributed by atoms with E-state index in [2.05, 4.69) is 20.6 Å². The van der Waals surface area contributed by atoms with Crippen molar-refractivity contribution in [2.75, 3.05) is 5.32 Å². The third kappa shape index (κ3) is 3.09. The van der Waals surface area contributed by atoms with Gasteiger partial charge >= 0.3 is 0 Å². The SMILES string of the molecule is Cc1cc(C(=O)Nc2cc(-c3cccs3)[nH]n2)nn1-c1ccccc1. The molecule has 0 unspecified atom stereocenters. The lowest BCUT2D eigenvalue weighted by Crippen LogP contribution is -2.13. The zero-order valence-corrected chi connectivity index (χ0v) is 14.2. The average Bonchev–Trinajstić information content (AvgIpc) is 3.35. The van der Waals surface area contributed by atoms with Gasteiger partial charge in [-0.05, 0) is 36.6 Å². The molecule has 0 spiro atoms. The molecule has 0 radical (unpaired) electrons. The van der Waals surface area contributed by atoms with Crippen LogP contribution < -0.4 is 5.32 Å². The molecule has 1 amide bonds. The first-order valence-corrected chi connectivity index (χ1v) is 8.61. The minimum absolute atomic E-state index is 0.290. The molecule has 0 aliphatic carbocycles. The summed E-state index contributed by atoms with van der Waals surface area (Å²) in [5.74, 6) is 0.183. The van der Waals surface area contributed by atoms with E-state index in [1.807, 2.05) is 60.8 Å². The lowest BCUT2D eigenvalue weighted by atomic mass is 10.3. The number of aromatic amines is 1. The molecule has 6 nitrogen and oxygen atoms in total. The molecule has 0 aliphatic rings. The number of aryl methyl sites for hydroxylation is 1. The van der Waals surface area contributed by atoms with Crippen LogP contribution >= 0.6 is 11.3 Å². The van der Waals surface area contributed by atoms with Crippen LogP contribution in [0.2, 0.25) is 0 Å². The van der Waals surface area contributed by atoms with Crippen molar-refractivity contribution in [3.63, 3.8) is 0 Å². The number of para-hydroxylation sites is 1. The number of aromatic nitrogens is 4. The Kier molecular flexibility index (Phi) is 3.91. The monoisotopic (exact) mass is 349 g/mol. The molecular formula is C18H15N5OS. The number of H-pyrrole nitrogens is 1. The maximum Gasteiger partial charge on any atom is 0.277 e. The molecular weight excluding hydrogens is 334 g/mol. The van der Waals surface area contributed by atoms with Crippen LogP contribution in [0.5, 0.6) is 0 Å². The number of rotatable bonds is 4. The van der Waals surface area contributed by atoms with Crippen molar-refractivity contribution >= 4 is 23.1 Å². The number of anilines is 1. The number of amides is 1. The second kappa shape index (κ2) is 6.37. The normalized spacial score (nSPS) is 10.8. The molecule has 4 rings (SSSR count). The Hall–Kier alpha value is -3.19. The van der Waals surface area contributed by atoms with Gasteiger partial charge in [0.25, 0.3) is 5.91 Å². The second-order valence-electron chi connectivity index (χ2n) is 5.52. The van der Waals surface area contributed by atoms with Gasteiger partial charge in [-0.1, -0.05) is 24.3 Å². The molecule has 4 aromatic rings. The summed E-state index contributed by atoms with van der Waals surface area (Å²) in [5.41, 5.74) is 3.02. The minimum atomic E-state index is -0.290. The summed E-state index contributed by atoms with van der Waals surface area (Å²) in [6.45, 7) is 1.92. The Balaban J connectivity index is 1.54. The van der Waals surface area contributed by atoms with Crippen LogP contribution in [-0.2, 0) is 0 Å². The fraction of sp³-hybridized carbons (Fsp3) is 0.0556. The third-order valence-corrected chi connectivity index (χ3v) is 4.63. The van der Waals surface area contributed by atoms with Crippen molar-refractivity contribution in [3.05, 3.63) is 71.4 Å². The lowest BCUT2D eigenvalue weighted by Gasteiger charge is -2.02. The first-order chi connectivity index (χ1) is 12.2. The molecule has 0 fully saturated rings. The van der Waals surface area contributed by atoms with Crippen LogP contribution in [0.25, 0.3) is 16.3 Å². The Bertz CT molecular complexity index is 1000. The number of nitrogens with zero attached hydrogens (tertiary/aromatic N) is 3. The van der Waals surface area contributed by atoms with E-state index < -0.39 is 0 Å². The van der Waals surface area contributed by atoms with E-state index in [-0.39, 0.29) is 5.91 Å². The summed E-state index contributed by atoms with van der Waals surface area (Å²) in [6.07, 6.45) is 0. The molecule has 0 aliphatic heterocycles. The van der Waals surface area contributed by atoms with Crippen molar-refractivity contribution < 1.29 is 4.79 Å². The molecule has 7 heteroatoms. The summed E-state index contributed by atoms with van der Waals surface area (Å²) in [4.78, 5) is 13.5. The largest absolute Gasteiger partial charge is 0.304 e. The minimum Gasteiger partial charge on any atom is -0.304 e. The van der Waals surface area contributed by atoms with Gasteiger partial charge in [0, 0.05) is 11.8 Å². The van der Waals surface area contributed by atoms with Gasteiger partial charge in [0.05, 0.1) is 16.3 Å². The molecule has 0 atom stereocenters. The smallest absolute Gasteiger partial charge is 0.277 e. The fourth-order valence-electron chi connectivity index (χ4n) is 2.54.